The summed E-state index contributed by atoms with van der Waals surface area (Å²) in [5.74, 6) is -0.0301. The molecule has 0 spiro atoms. The highest BCUT2D eigenvalue weighted by atomic mass is 19.4. The summed E-state index contributed by atoms with van der Waals surface area (Å²) in [5, 5.41) is 2.47. The Morgan fingerprint density at radius 2 is 1.83 bits per heavy atom. The van der Waals surface area contributed by atoms with Crippen LogP contribution in [-0.2, 0) is 11.0 Å². The van der Waals surface area contributed by atoms with Crippen LogP contribution >= 0.6 is 0 Å². The molecule has 0 radical (unpaired) electrons. The second kappa shape index (κ2) is 9.15. The first-order valence-electron chi connectivity index (χ1n) is 9.76. The normalized spacial score (nSPS) is 14.9. The fourth-order valence-electron chi connectivity index (χ4n) is 3.39. The molecular formula is C21H23F3N4O2. The molecule has 9 heteroatoms. The van der Waals surface area contributed by atoms with E-state index in [1.165, 1.54) is 18.3 Å². The number of pyridine rings is 1. The van der Waals surface area contributed by atoms with Crippen molar-refractivity contribution < 1.29 is 22.8 Å². The third-order valence-corrected chi connectivity index (χ3v) is 4.96. The van der Waals surface area contributed by atoms with Crippen LogP contribution in [0.5, 0.6) is 0 Å². The Balaban J connectivity index is 1.67. The average Bonchev–Trinajstić information content (AvgIpc) is 2.99. The number of nitrogens with zero attached hydrogens (tertiary/aromatic N) is 3. The summed E-state index contributed by atoms with van der Waals surface area (Å²) in [6.45, 7) is 4.54. The summed E-state index contributed by atoms with van der Waals surface area (Å²) in [6, 6.07) is 7.96. The molecule has 160 valence electrons. The first-order chi connectivity index (χ1) is 14.3. The number of rotatable bonds is 4. The zero-order valence-corrected chi connectivity index (χ0v) is 16.6. The lowest BCUT2D eigenvalue weighted by molar-refractivity contribution is -0.138. The maximum Gasteiger partial charge on any atom is 0.417 e. The third-order valence-electron chi connectivity index (χ3n) is 4.96. The summed E-state index contributed by atoms with van der Waals surface area (Å²) < 4.78 is 39.4. The van der Waals surface area contributed by atoms with E-state index in [0.717, 1.165) is 25.1 Å². The van der Waals surface area contributed by atoms with E-state index in [0.29, 0.717) is 37.6 Å². The fraction of sp³-hybridized carbons (Fsp3) is 0.381. The number of anilines is 2. The van der Waals surface area contributed by atoms with Crippen LogP contribution in [0.15, 0.2) is 42.6 Å². The van der Waals surface area contributed by atoms with E-state index in [4.69, 9.17) is 0 Å². The zero-order valence-electron chi connectivity index (χ0n) is 16.6. The Morgan fingerprint density at radius 1 is 1.07 bits per heavy atom. The molecule has 1 aromatic heterocycles. The van der Waals surface area contributed by atoms with Crippen molar-refractivity contribution in [2.45, 2.75) is 25.9 Å². The molecule has 0 unspecified atom stereocenters. The van der Waals surface area contributed by atoms with Crippen LogP contribution < -0.4 is 10.2 Å². The number of carbonyl (C=O) groups excluding carboxylic acids is 2. The molecule has 1 aromatic carbocycles. The summed E-state index contributed by atoms with van der Waals surface area (Å²) in [6.07, 6.45) is -1.90. The van der Waals surface area contributed by atoms with Crippen molar-refractivity contribution in [2.24, 2.45) is 0 Å². The van der Waals surface area contributed by atoms with E-state index in [-0.39, 0.29) is 5.91 Å². The Morgan fingerprint density at radius 3 is 2.50 bits per heavy atom. The van der Waals surface area contributed by atoms with E-state index < -0.39 is 23.2 Å². The molecule has 0 aliphatic carbocycles. The summed E-state index contributed by atoms with van der Waals surface area (Å²) >= 11 is 0. The Bertz CT molecular complexity index is 900. The second-order valence-electron chi connectivity index (χ2n) is 6.98. The van der Waals surface area contributed by atoms with Gasteiger partial charge in [-0.15, -0.1) is 0 Å². The largest absolute Gasteiger partial charge is 0.417 e. The minimum absolute atomic E-state index is 0.127. The summed E-state index contributed by atoms with van der Waals surface area (Å²) in [5.41, 5.74) is -1.12. The van der Waals surface area contributed by atoms with Gasteiger partial charge in [-0.25, -0.2) is 4.98 Å². The Hall–Kier alpha value is -3.10. The third kappa shape index (κ3) is 5.08. The number of benzene rings is 1. The Kier molecular flexibility index (Phi) is 6.59. The lowest BCUT2D eigenvalue weighted by Crippen LogP contribution is -2.34. The molecule has 1 saturated heterocycles. The smallest absolute Gasteiger partial charge is 0.355 e. The summed E-state index contributed by atoms with van der Waals surface area (Å²) in [7, 11) is 0. The van der Waals surface area contributed by atoms with Crippen molar-refractivity contribution in [3.8, 4) is 0 Å². The quantitative estimate of drug-likeness (QED) is 0.817. The topological polar surface area (TPSA) is 65.5 Å². The lowest BCUT2D eigenvalue weighted by atomic mass is 10.1. The van der Waals surface area contributed by atoms with E-state index in [1.807, 2.05) is 16.7 Å². The molecule has 1 aliphatic rings. The molecule has 2 amide bonds. The van der Waals surface area contributed by atoms with Crippen LogP contribution in [-0.4, -0.2) is 47.9 Å². The predicted octanol–water partition coefficient (Wildman–Crippen LogP) is 3.80. The molecule has 2 heterocycles. The number of amides is 2. The van der Waals surface area contributed by atoms with Gasteiger partial charge in [-0.2, -0.15) is 13.2 Å². The van der Waals surface area contributed by atoms with E-state index >= 15 is 0 Å². The van der Waals surface area contributed by atoms with Crippen molar-refractivity contribution in [2.75, 3.05) is 36.4 Å². The van der Waals surface area contributed by atoms with Crippen LogP contribution in [0.1, 0.15) is 35.7 Å². The highest BCUT2D eigenvalue weighted by Crippen LogP contribution is 2.32. The standard InChI is InChI=1S/C21H23F3N4O2/c1-2-19(29)28-11-5-10-27(12-13-28)18-9-8-15(14-25-18)26-20(30)16-6-3-4-7-17(16)21(22,23)24/h3-4,6-9,14H,2,5,10-13H2,1H3,(H,26,30). The molecule has 0 atom stereocenters. The first-order valence-corrected chi connectivity index (χ1v) is 9.76. The SMILES string of the molecule is CCC(=O)N1CCCN(c2ccc(NC(=O)c3ccccc3C(F)(F)F)cn2)CC1. The van der Waals surface area contributed by atoms with Gasteiger partial charge in [0, 0.05) is 32.6 Å². The molecular weight excluding hydrogens is 397 g/mol. The number of hydrogen-bond acceptors (Lipinski definition) is 4. The Labute approximate surface area is 172 Å². The molecule has 0 saturated carbocycles. The van der Waals surface area contributed by atoms with Crippen LogP contribution in [0.4, 0.5) is 24.7 Å². The van der Waals surface area contributed by atoms with Gasteiger partial charge in [0.25, 0.3) is 5.91 Å². The van der Waals surface area contributed by atoms with Gasteiger partial charge in [-0.05, 0) is 30.7 Å². The van der Waals surface area contributed by atoms with Gasteiger partial charge in [0.1, 0.15) is 5.82 Å². The fourth-order valence-corrected chi connectivity index (χ4v) is 3.39. The van der Waals surface area contributed by atoms with Gasteiger partial charge >= 0.3 is 6.18 Å². The van der Waals surface area contributed by atoms with Gasteiger partial charge < -0.3 is 15.1 Å². The van der Waals surface area contributed by atoms with Gasteiger partial charge in [0.2, 0.25) is 5.91 Å². The van der Waals surface area contributed by atoms with Crippen molar-refractivity contribution in [1.29, 1.82) is 0 Å². The predicted molar refractivity (Wildman–Crippen MR) is 107 cm³/mol. The minimum atomic E-state index is -4.62. The van der Waals surface area contributed by atoms with E-state index in [9.17, 15) is 22.8 Å². The highest BCUT2D eigenvalue weighted by Gasteiger charge is 2.34. The molecule has 30 heavy (non-hydrogen) atoms. The molecule has 2 aromatic rings. The van der Waals surface area contributed by atoms with Gasteiger partial charge in [0.05, 0.1) is 23.0 Å². The minimum Gasteiger partial charge on any atom is -0.355 e. The van der Waals surface area contributed by atoms with Crippen LogP contribution in [0.2, 0.25) is 0 Å². The number of aromatic nitrogens is 1. The number of hydrogen-bond donors (Lipinski definition) is 1. The van der Waals surface area contributed by atoms with Crippen molar-refractivity contribution >= 4 is 23.3 Å². The van der Waals surface area contributed by atoms with Crippen LogP contribution in [0.3, 0.4) is 0 Å². The van der Waals surface area contributed by atoms with E-state index in [1.54, 1.807) is 12.1 Å². The number of carbonyl (C=O) groups is 2. The second-order valence-corrected chi connectivity index (χ2v) is 6.98. The van der Waals surface area contributed by atoms with Crippen molar-refractivity contribution in [3.63, 3.8) is 0 Å². The molecule has 0 bridgehead atoms. The van der Waals surface area contributed by atoms with Crippen LogP contribution in [0.25, 0.3) is 0 Å². The number of nitrogens with one attached hydrogen (secondary N) is 1. The van der Waals surface area contributed by atoms with E-state index in [2.05, 4.69) is 10.3 Å². The molecule has 1 fully saturated rings. The van der Waals surface area contributed by atoms with Gasteiger partial charge in [-0.1, -0.05) is 19.1 Å². The number of alkyl halides is 3. The van der Waals surface area contributed by atoms with Crippen molar-refractivity contribution in [3.05, 3.63) is 53.7 Å². The van der Waals surface area contributed by atoms with Crippen molar-refractivity contribution in [1.82, 2.24) is 9.88 Å². The maximum absolute atomic E-state index is 13.1. The summed E-state index contributed by atoms with van der Waals surface area (Å²) in [4.78, 5) is 32.5. The van der Waals surface area contributed by atoms with Crippen LogP contribution in [0, 0.1) is 0 Å². The monoisotopic (exact) mass is 420 g/mol. The van der Waals surface area contributed by atoms with Gasteiger partial charge in [0.15, 0.2) is 0 Å². The number of halogens is 3. The first kappa shape index (κ1) is 21.6. The average molecular weight is 420 g/mol. The molecule has 6 nitrogen and oxygen atoms in total. The highest BCUT2D eigenvalue weighted by molar-refractivity contribution is 6.05. The molecule has 1 N–H and O–H groups in total. The lowest BCUT2D eigenvalue weighted by Gasteiger charge is -2.22. The zero-order chi connectivity index (χ0) is 21.7. The maximum atomic E-state index is 13.1. The van der Waals surface area contributed by atoms with Gasteiger partial charge in [-0.3, -0.25) is 9.59 Å². The molecule has 3 rings (SSSR count). The molecule has 1 aliphatic heterocycles.